The third kappa shape index (κ3) is 2.20. The highest BCUT2D eigenvalue weighted by atomic mass is 16.6. The van der Waals surface area contributed by atoms with Crippen molar-refractivity contribution in [2.75, 3.05) is 20.3 Å². The van der Waals surface area contributed by atoms with Crippen molar-refractivity contribution in [1.82, 2.24) is 0 Å². The smallest absolute Gasteiger partial charge is 0.302 e. The second kappa shape index (κ2) is 6.27. The number of aliphatic hydroxyl groups excluding tert-OH is 1. The molecule has 2 N–H and O–H groups in total. The highest BCUT2D eigenvalue weighted by Crippen LogP contribution is 2.76. The van der Waals surface area contributed by atoms with Crippen molar-refractivity contribution < 1.29 is 34.0 Å². The van der Waals surface area contributed by atoms with Crippen LogP contribution in [0.3, 0.4) is 0 Å². The van der Waals surface area contributed by atoms with Crippen LogP contribution >= 0.6 is 0 Å². The summed E-state index contributed by atoms with van der Waals surface area (Å²) in [5, 5.41) is 23.5. The molecule has 30 heavy (non-hydrogen) atoms. The molecule has 7 heteroatoms. The molecule has 0 aromatic heterocycles. The Morgan fingerprint density at radius 3 is 2.67 bits per heavy atom. The Hall–Kier alpha value is -1.02. The molecule has 2 aliphatic heterocycles. The number of fused-ring (bicyclic) bond motifs is 2. The Morgan fingerprint density at radius 2 is 2.00 bits per heavy atom. The van der Waals surface area contributed by atoms with Crippen LogP contribution in [0.4, 0.5) is 0 Å². The first kappa shape index (κ1) is 20.9. The standard InChI is InChI=1S/C23H34O7/c1-12(24)30-15-8-13-9-22(18(25)14(13)10-28-4)16(15)21-7-5-6-20(2,3)17(21)19(26)23(22,27)29-11-21/h13-17,19,26-27H,5-11H2,1-4H3/t13-,14-,15-,16+,17-,19+,21-,22+,23-/m1/s1. The number of methoxy groups -OCH3 is 1. The normalized spacial score (nSPS) is 53.2. The monoisotopic (exact) mass is 422 g/mol. The van der Waals surface area contributed by atoms with Crippen LogP contribution in [0, 0.1) is 39.9 Å². The fourth-order valence-electron chi connectivity index (χ4n) is 8.86. The van der Waals surface area contributed by atoms with Crippen molar-refractivity contribution >= 4 is 11.8 Å². The maximum absolute atomic E-state index is 14.0. The lowest BCUT2D eigenvalue weighted by Crippen LogP contribution is -2.83. The second-order valence-corrected chi connectivity index (χ2v) is 11.2. The van der Waals surface area contributed by atoms with Crippen molar-refractivity contribution in [1.29, 1.82) is 0 Å². The van der Waals surface area contributed by atoms with Gasteiger partial charge in [-0.3, -0.25) is 9.59 Å². The Morgan fingerprint density at radius 1 is 1.27 bits per heavy atom. The number of ketones is 1. The van der Waals surface area contributed by atoms with Gasteiger partial charge in [-0.1, -0.05) is 20.3 Å². The van der Waals surface area contributed by atoms with Gasteiger partial charge < -0.3 is 24.4 Å². The van der Waals surface area contributed by atoms with Crippen molar-refractivity contribution in [3.8, 4) is 0 Å². The minimum atomic E-state index is -1.96. The largest absolute Gasteiger partial charge is 0.462 e. The average Bonchev–Trinajstić information content (AvgIpc) is 2.85. The molecule has 6 rings (SSSR count). The molecule has 2 saturated heterocycles. The fourth-order valence-corrected chi connectivity index (χ4v) is 8.86. The molecule has 9 atom stereocenters. The number of hydrogen-bond acceptors (Lipinski definition) is 7. The molecule has 0 aromatic carbocycles. The predicted octanol–water partition coefficient (Wildman–Crippen LogP) is 1.68. The molecule has 2 spiro atoms. The predicted molar refractivity (Wildman–Crippen MR) is 105 cm³/mol. The van der Waals surface area contributed by atoms with E-state index in [-0.39, 0.29) is 54.1 Å². The van der Waals surface area contributed by atoms with Crippen molar-refractivity contribution in [3.05, 3.63) is 0 Å². The molecule has 6 fully saturated rings. The summed E-state index contributed by atoms with van der Waals surface area (Å²) in [4.78, 5) is 26.0. The van der Waals surface area contributed by atoms with E-state index < -0.39 is 28.8 Å². The Bertz CT molecular complexity index is 780. The number of rotatable bonds is 3. The molecule has 2 heterocycles. The van der Waals surface area contributed by atoms with E-state index in [2.05, 4.69) is 13.8 Å². The highest BCUT2D eigenvalue weighted by molar-refractivity contribution is 5.92. The third-order valence-electron chi connectivity index (χ3n) is 9.49. The number of aliphatic hydroxyl groups is 2. The van der Waals surface area contributed by atoms with Gasteiger partial charge in [0.25, 0.3) is 0 Å². The first-order chi connectivity index (χ1) is 14.0. The van der Waals surface area contributed by atoms with E-state index in [1.54, 1.807) is 7.11 Å². The van der Waals surface area contributed by atoms with Gasteiger partial charge in [-0.2, -0.15) is 0 Å². The average molecular weight is 423 g/mol. The van der Waals surface area contributed by atoms with Gasteiger partial charge in [-0.15, -0.1) is 0 Å². The Labute approximate surface area is 177 Å². The van der Waals surface area contributed by atoms with Gasteiger partial charge in [0, 0.05) is 37.2 Å². The van der Waals surface area contributed by atoms with Crippen LogP contribution in [0.25, 0.3) is 0 Å². The van der Waals surface area contributed by atoms with Gasteiger partial charge in [0.05, 0.1) is 18.6 Å². The summed E-state index contributed by atoms with van der Waals surface area (Å²) in [6.07, 6.45) is 2.11. The summed E-state index contributed by atoms with van der Waals surface area (Å²) in [6, 6.07) is 0. The highest BCUT2D eigenvalue weighted by Gasteiger charge is 2.85. The second-order valence-electron chi connectivity index (χ2n) is 11.2. The minimum absolute atomic E-state index is 0.0660. The summed E-state index contributed by atoms with van der Waals surface area (Å²) < 4.78 is 17.3. The van der Waals surface area contributed by atoms with E-state index in [0.717, 1.165) is 19.3 Å². The first-order valence-electron chi connectivity index (χ1n) is 11.3. The van der Waals surface area contributed by atoms with Crippen molar-refractivity contribution in [2.45, 2.75) is 70.9 Å². The number of Topliss-reactive ketones (excluding diaryl/α,β-unsaturated/α-hetero) is 1. The summed E-state index contributed by atoms with van der Waals surface area (Å²) >= 11 is 0. The summed E-state index contributed by atoms with van der Waals surface area (Å²) in [5.41, 5.74) is -1.99. The number of carbonyl (C=O) groups excluding carboxylic acids is 2. The topological polar surface area (TPSA) is 102 Å². The lowest BCUT2D eigenvalue weighted by molar-refractivity contribution is -0.445. The van der Waals surface area contributed by atoms with Gasteiger partial charge in [0.15, 0.2) is 5.78 Å². The molecule has 6 aliphatic rings. The van der Waals surface area contributed by atoms with Crippen LogP contribution < -0.4 is 0 Å². The van der Waals surface area contributed by atoms with Gasteiger partial charge >= 0.3 is 5.97 Å². The number of esters is 1. The Balaban J connectivity index is 1.73. The zero-order valence-electron chi connectivity index (χ0n) is 18.3. The number of carbonyl (C=O) groups is 2. The molecular formula is C23H34O7. The van der Waals surface area contributed by atoms with Gasteiger partial charge in [-0.05, 0) is 37.0 Å². The van der Waals surface area contributed by atoms with E-state index in [0.29, 0.717) is 12.8 Å². The quantitative estimate of drug-likeness (QED) is 0.667. The number of hydrogen-bond donors (Lipinski definition) is 2. The maximum atomic E-state index is 14.0. The molecule has 0 amide bonds. The summed E-state index contributed by atoms with van der Waals surface area (Å²) in [6.45, 7) is 6.22. The fraction of sp³-hybridized carbons (Fsp3) is 0.913. The lowest BCUT2D eigenvalue weighted by Gasteiger charge is -2.74. The van der Waals surface area contributed by atoms with Crippen LogP contribution in [0.5, 0.6) is 0 Å². The summed E-state index contributed by atoms with van der Waals surface area (Å²) in [7, 11) is 1.57. The van der Waals surface area contributed by atoms with Crippen molar-refractivity contribution in [3.63, 3.8) is 0 Å². The van der Waals surface area contributed by atoms with E-state index in [1.807, 2.05) is 0 Å². The molecule has 0 radical (unpaired) electrons. The molecule has 168 valence electrons. The SMILES string of the molecule is COC[C@H]1C(=O)[C@]23C[C@H]1C[C@@H](OC(C)=O)[C@H]2[C@]12CCCC(C)(C)[C@H]1[C@H](O)[C@@]3(O)OC2. The van der Waals surface area contributed by atoms with Crippen LogP contribution in [0.2, 0.25) is 0 Å². The van der Waals surface area contributed by atoms with Gasteiger partial charge in [0.2, 0.25) is 5.79 Å². The van der Waals surface area contributed by atoms with Crippen LogP contribution in [0.1, 0.15) is 52.9 Å². The minimum Gasteiger partial charge on any atom is -0.462 e. The molecular weight excluding hydrogens is 388 g/mol. The zero-order chi connectivity index (χ0) is 21.7. The summed E-state index contributed by atoms with van der Waals surface area (Å²) in [5.74, 6) is -3.45. The molecule has 4 saturated carbocycles. The van der Waals surface area contributed by atoms with Crippen LogP contribution in [0.15, 0.2) is 0 Å². The maximum Gasteiger partial charge on any atom is 0.302 e. The molecule has 4 aliphatic carbocycles. The first-order valence-corrected chi connectivity index (χ1v) is 11.3. The van der Waals surface area contributed by atoms with E-state index in [9.17, 15) is 19.8 Å². The van der Waals surface area contributed by atoms with Crippen LogP contribution in [-0.4, -0.2) is 60.3 Å². The molecule has 0 aromatic rings. The van der Waals surface area contributed by atoms with Gasteiger partial charge in [-0.25, -0.2) is 0 Å². The zero-order valence-corrected chi connectivity index (χ0v) is 18.3. The van der Waals surface area contributed by atoms with E-state index in [1.165, 1.54) is 6.92 Å². The molecule has 7 nitrogen and oxygen atoms in total. The third-order valence-corrected chi connectivity index (χ3v) is 9.49. The van der Waals surface area contributed by atoms with Crippen molar-refractivity contribution in [2.24, 2.45) is 39.9 Å². The number of ether oxygens (including phenoxy) is 3. The molecule has 0 unspecified atom stereocenters. The van der Waals surface area contributed by atoms with E-state index >= 15 is 0 Å². The lowest BCUT2D eigenvalue weighted by atomic mass is 9.36. The van der Waals surface area contributed by atoms with Gasteiger partial charge in [0.1, 0.15) is 12.2 Å². The molecule has 4 bridgehead atoms. The Kier molecular flexibility index (Phi) is 4.36. The van der Waals surface area contributed by atoms with Crippen LogP contribution in [-0.2, 0) is 23.8 Å². The van der Waals surface area contributed by atoms with E-state index in [4.69, 9.17) is 14.2 Å².